The fourth-order valence-electron chi connectivity index (χ4n) is 3.37. The molecular weight excluding hydrogens is 322 g/mol. The monoisotopic (exact) mass is 344 g/mol. The van der Waals surface area contributed by atoms with Crippen molar-refractivity contribution in [2.24, 2.45) is 0 Å². The Balaban J connectivity index is 1.71. The van der Waals surface area contributed by atoms with Crippen LogP contribution in [0.2, 0.25) is 0 Å². The standard InChI is InChI=1S/C20H22F2N2O/c1-14-7-8-15-5-3-4-6-19(15)24(14)20(25)13-23(2)12-16-9-10-17(21)11-18(16)22/h3-6,9-11,14H,7-8,12-13H2,1-2H3. The van der Waals surface area contributed by atoms with Crippen LogP contribution < -0.4 is 4.90 Å². The molecule has 0 fully saturated rings. The third-order valence-corrected chi connectivity index (χ3v) is 4.65. The van der Waals surface area contributed by atoms with Gasteiger partial charge in [-0.2, -0.15) is 0 Å². The first-order valence-corrected chi connectivity index (χ1v) is 8.48. The summed E-state index contributed by atoms with van der Waals surface area (Å²) in [5, 5.41) is 0. The average Bonchev–Trinajstić information content (AvgIpc) is 2.57. The minimum absolute atomic E-state index is 0.00956. The number of para-hydroxylation sites is 1. The first kappa shape index (κ1) is 17.5. The van der Waals surface area contributed by atoms with Crippen LogP contribution >= 0.6 is 0 Å². The highest BCUT2D eigenvalue weighted by Crippen LogP contribution is 2.30. The van der Waals surface area contributed by atoms with Crippen LogP contribution in [0.5, 0.6) is 0 Å². The number of nitrogens with zero attached hydrogens (tertiary/aromatic N) is 2. The third kappa shape index (κ3) is 3.87. The Hall–Kier alpha value is -2.27. The number of rotatable bonds is 4. The van der Waals surface area contributed by atoms with Crippen molar-refractivity contribution in [3.05, 3.63) is 65.2 Å². The fourth-order valence-corrected chi connectivity index (χ4v) is 3.37. The van der Waals surface area contributed by atoms with Gasteiger partial charge in [-0.25, -0.2) is 8.78 Å². The molecule has 1 atom stereocenters. The summed E-state index contributed by atoms with van der Waals surface area (Å²) in [5.74, 6) is -1.20. The molecular formula is C20H22F2N2O. The Morgan fingerprint density at radius 2 is 2.00 bits per heavy atom. The number of hydrogen-bond donors (Lipinski definition) is 0. The topological polar surface area (TPSA) is 23.6 Å². The zero-order valence-corrected chi connectivity index (χ0v) is 14.5. The number of carbonyl (C=O) groups is 1. The van der Waals surface area contributed by atoms with Crippen molar-refractivity contribution in [3.8, 4) is 0 Å². The second-order valence-corrected chi connectivity index (χ2v) is 6.69. The maximum absolute atomic E-state index is 13.8. The Kier molecular flexibility index (Phi) is 5.13. The van der Waals surface area contributed by atoms with Gasteiger partial charge in [0.1, 0.15) is 11.6 Å². The SMILES string of the molecule is CC1CCc2ccccc2N1C(=O)CN(C)Cc1ccc(F)cc1F. The molecule has 1 aliphatic heterocycles. The number of amides is 1. The van der Waals surface area contributed by atoms with Crippen molar-refractivity contribution in [1.29, 1.82) is 0 Å². The number of likely N-dealkylation sites (N-methyl/N-ethyl adjacent to an activating group) is 1. The van der Waals surface area contributed by atoms with Gasteiger partial charge in [0.2, 0.25) is 5.91 Å². The largest absolute Gasteiger partial charge is 0.308 e. The summed E-state index contributed by atoms with van der Waals surface area (Å²) < 4.78 is 26.8. The van der Waals surface area contributed by atoms with Crippen molar-refractivity contribution in [1.82, 2.24) is 4.90 Å². The molecule has 132 valence electrons. The van der Waals surface area contributed by atoms with E-state index in [1.54, 1.807) is 11.9 Å². The van der Waals surface area contributed by atoms with Gasteiger partial charge in [-0.05, 0) is 44.5 Å². The molecule has 3 rings (SSSR count). The van der Waals surface area contributed by atoms with Gasteiger partial charge in [0, 0.05) is 29.9 Å². The molecule has 0 N–H and O–H groups in total. The molecule has 0 radical (unpaired) electrons. The Labute approximate surface area is 146 Å². The van der Waals surface area contributed by atoms with Gasteiger partial charge < -0.3 is 4.90 Å². The number of anilines is 1. The summed E-state index contributed by atoms with van der Waals surface area (Å²) >= 11 is 0. The van der Waals surface area contributed by atoms with E-state index < -0.39 is 11.6 Å². The minimum Gasteiger partial charge on any atom is -0.308 e. The van der Waals surface area contributed by atoms with Crippen LogP contribution in [0.4, 0.5) is 14.5 Å². The molecule has 0 aliphatic carbocycles. The van der Waals surface area contributed by atoms with Crippen LogP contribution in [0.1, 0.15) is 24.5 Å². The highest BCUT2D eigenvalue weighted by Gasteiger charge is 2.28. The molecule has 2 aromatic carbocycles. The van der Waals surface area contributed by atoms with Gasteiger partial charge >= 0.3 is 0 Å². The molecule has 2 aromatic rings. The van der Waals surface area contributed by atoms with Gasteiger partial charge in [0.25, 0.3) is 0 Å². The Morgan fingerprint density at radius 1 is 1.24 bits per heavy atom. The first-order valence-electron chi connectivity index (χ1n) is 8.48. The molecule has 1 aliphatic rings. The zero-order valence-electron chi connectivity index (χ0n) is 14.5. The first-order chi connectivity index (χ1) is 12.0. The van der Waals surface area contributed by atoms with Gasteiger partial charge in [0.15, 0.2) is 0 Å². The number of fused-ring (bicyclic) bond motifs is 1. The normalized spacial score (nSPS) is 16.8. The molecule has 0 bridgehead atoms. The van der Waals surface area contributed by atoms with Gasteiger partial charge in [-0.1, -0.05) is 24.3 Å². The van der Waals surface area contributed by atoms with E-state index in [1.165, 1.54) is 17.7 Å². The second-order valence-electron chi connectivity index (χ2n) is 6.69. The highest BCUT2D eigenvalue weighted by molar-refractivity contribution is 5.96. The van der Waals surface area contributed by atoms with E-state index in [0.29, 0.717) is 5.56 Å². The van der Waals surface area contributed by atoms with E-state index in [4.69, 9.17) is 0 Å². The summed E-state index contributed by atoms with van der Waals surface area (Å²) in [7, 11) is 1.77. The minimum atomic E-state index is -0.598. The fraction of sp³-hybridized carbons (Fsp3) is 0.350. The Morgan fingerprint density at radius 3 is 2.76 bits per heavy atom. The predicted molar refractivity (Wildman–Crippen MR) is 94.4 cm³/mol. The Bertz CT molecular complexity index is 778. The summed E-state index contributed by atoms with van der Waals surface area (Å²) in [4.78, 5) is 16.4. The van der Waals surface area contributed by atoms with E-state index in [9.17, 15) is 13.6 Å². The number of aryl methyl sites for hydroxylation is 1. The van der Waals surface area contributed by atoms with E-state index in [2.05, 4.69) is 6.07 Å². The smallest absolute Gasteiger partial charge is 0.241 e. The van der Waals surface area contributed by atoms with Crippen molar-refractivity contribution < 1.29 is 13.6 Å². The third-order valence-electron chi connectivity index (χ3n) is 4.65. The molecule has 0 aromatic heterocycles. The van der Waals surface area contributed by atoms with Gasteiger partial charge in [-0.15, -0.1) is 0 Å². The lowest BCUT2D eigenvalue weighted by molar-refractivity contribution is -0.120. The lowest BCUT2D eigenvalue weighted by Gasteiger charge is -2.36. The number of benzene rings is 2. The predicted octanol–water partition coefficient (Wildman–Crippen LogP) is 3.76. The molecule has 0 saturated heterocycles. The van der Waals surface area contributed by atoms with Crippen LogP contribution in [0.25, 0.3) is 0 Å². The lowest BCUT2D eigenvalue weighted by Crippen LogP contribution is -2.46. The van der Waals surface area contributed by atoms with Crippen molar-refractivity contribution in [2.45, 2.75) is 32.4 Å². The number of halogens is 2. The van der Waals surface area contributed by atoms with Gasteiger partial charge in [-0.3, -0.25) is 9.69 Å². The molecule has 0 saturated carbocycles. The summed E-state index contributed by atoms with van der Waals surface area (Å²) in [6, 6.07) is 11.6. The molecule has 1 amide bonds. The molecule has 0 spiro atoms. The molecule has 1 heterocycles. The second kappa shape index (κ2) is 7.31. The molecule has 1 unspecified atom stereocenters. The van der Waals surface area contributed by atoms with Crippen LogP contribution in [-0.2, 0) is 17.8 Å². The summed E-state index contributed by atoms with van der Waals surface area (Å²) in [6.45, 7) is 2.48. The number of hydrogen-bond acceptors (Lipinski definition) is 2. The summed E-state index contributed by atoms with van der Waals surface area (Å²) in [6.07, 6.45) is 1.90. The quantitative estimate of drug-likeness (QED) is 0.843. The molecule has 3 nitrogen and oxygen atoms in total. The molecule has 25 heavy (non-hydrogen) atoms. The average molecular weight is 344 g/mol. The van der Waals surface area contributed by atoms with Crippen LogP contribution in [0, 0.1) is 11.6 Å². The van der Waals surface area contributed by atoms with Crippen molar-refractivity contribution in [3.63, 3.8) is 0 Å². The number of carbonyl (C=O) groups excluding carboxylic acids is 1. The van der Waals surface area contributed by atoms with E-state index in [1.807, 2.05) is 30.0 Å². The maximum atomic E-state index is 13.8. The van der Waals surface area contributed by atoms with Crippen LogP contribution in [0.15, 0.2) is 42.5 Å². The maximum Gasteiger partial charge on any atom is 0.241 e. The van der Waals surface area contributed by atoms with Crippen LogP contribution in [0.3, 0.4) is 0 Å². The van der Waals surface area contributed by atoms with Crippen molar-refractivity contribution >= 4 is 11.6 Å². The molecule has 5 heteroatoms. The van der Waals surface area contributed by atoms with Crippen LogP contribution in [-0.4, -0.2) is 30.4 Å². The van der Waals surface area contributed by atoms with E-state index in [0.717, 1.165) is 24.6 Å². The zero-order chi connectivity index (χ0) is 18.0. The van der Waals surface area contributed by atoms with E-state index >= 15 is 0 Å². The summed E-state index contributed by atoms with van der Waals surface area (Å²) in [5.41, 5.74) is 2.53. The van der Waals surface area contributed by atoms with E-state index in [-0.39, 0.29) is 25.0 Å². The van der Waals surface area contributed by atoms with Crippen molar-refractivity contribution in [2.75, 3.05) is 18.5 Å². The lowest BCUT2D eigenvalue weighted by atomic mass is 9.96. The highest BCUT2D eigenvalue weighted by atomic mass is 19.1. The van der Waals surface area contributed by atoms with Gasteiger partial charge in [0.05, 0.1) is 6.54 Å².